The van der Waals surface area contributed by atoms with E-state index in [9.17, 15) is 4.79 Å². The van der Waals surface area contributed by atoms with Gasteiger partial charge in [0.15, 0.2) is 11.8 Å². The van der Waals surface area contributed by atoms with E-state index in [1.165, 1.54) is 0 Å². The van der Waals surface area contributed by atoms with E-state index in [0.717, 1.165) is 55.5 Å². The Balaban J connectivity index is 1.58. The van der Waals surface area contributed by atoms with Crippen LogP contribution in [0, 0.1) is 0 Å². The van der Waals surface area contributed by atoms with Crippen LogP contribution in [0.5, 0.6) is 0 Å². The third kappa shape index (κ3) is 6.27. The van der Waals surface area contributed by atoms with Gasteiger partial charge in [-0.25, -0.2) is 9.67 Å². The highest BCUT2D eigenvalue weighted by molar-refractivity contribution is 5.94. The molecule has 0 saturated carbocycles. The van der Waals surface area contributed by atoms with Gasteiger partial charge >= 0.3 is 0 Å². The number of nitrogens with one attached hydrogen (secondary N) is 2. The maximum atomic E-state index is 12.2. The number of guanidine groups is 1. The number of hydrogen-bond donors (Lipinski definition) is 2. The lowest BCUT2D eigenvalue weighted by molar-refractivity contribution is 0.0827. The van der Waals surface area contributed by atoms with Crippen LogP contribution in [0.1, 0.15) is 40.9 Å². The molecule has 1 aromatic heterocycles. The van der Waals surface area contributed by atoms with Gasteiger partial charge in [0.1, 0.15) is 12.4 Å². The average Bonchev–Trinajstić information content (AvgIpc) is 3.15. The summed E-state index contributed by atoms with van der Waals surface area (Å²) in [5.74, 6) is 2.56. The van der Waals surface area contributed by atoms with Gasteiger partial charge in [0.2, 0.25) is 0 Å². The van der Waals surface area contributed by atoms with Gasteiger partial charge < -0.3 is 20.3 Å². The van der Waals surface area contributed by atoms with E-state index in [-0.39, 0.29) is 11.9 Å². The van der Waals surface area contributed by atoms with E-state index in [1.54, 1.807) is 26.1 Å². The van der Waals surface area contributed by atoms with Crippen molar-refractivity contribution in [1.29, 1.82) is 0 Å². The Morgan fingerprint density at radius 2 is 2.23 bits per heavy atom. The first kappa shape index (κ1) is 22.7. The fraction of sp³-hybridized carbons (Fsp3) is 0.545. The predicted octanol–water partition coefficient (Wildman–Crippen LogP) is 1.24. The van der Waals surface area contributed by atoms with Crippen LogP contribution in [-0.4, -0.2) is 71.9 Å². The number of carbonyl (C=O) groups is 1. The predicted molar refractivity (Wildman–Crippen MR) is 120 cm³/mol. The summed E-state index contributed by atoms with van der Waals surface area (Å²) in [4.78, 5) is 23.0. The number of ether oxygens (including phenoxy) is 1. The number of fused-ring (bicyclic) bond motifs is 1. The van der Waals surface area contributed by atoms with Gasteiger partial charge in [-0.1, -0.05) is 12.1 Å². The van der Waals surface area contributed by atoms with E-state index in [2.05, 4.69) is 27.6 Å². The highest BCUT2D eigenvalue weighted by atomic mass is 16.5. The molecule has 2 aromatic rings. The maximum absolute atomic E-state index is 12.2. The Morgan fingerprint density at radius 1 is 1.39 bits per heavy atom. The number of amides is 1. The fourth-order valence-corrected chi connectivity index (χ4v) is 3.60. The second kappa shape index (κ2) is 10.9. The monoisotopic (exact) mass is 427 g/mol. The third-order valence-electron chi connectivity index (χ3n) is 5.11. The molecular weight excluding hydrogens is 394 g/mol. The Kier molecular flexibility index (Phi) is 8.00. The summed E-state index contributed by atoms with van der Waals surface area (Å²) in [5.41, 5.74) is 1.80. The zero-order valence-electron chi connectivity index (χ0n) is 18.9. The summed E-state index contributed by atoms with van der Waals surface area (Å²) in [6, 6.07) is 7.99. The molecule has 1 amide bonds. The minimum absolute atomic E-state index is 0.0128. The van der Waals surface area contributed by atoms with Crippen LogP contribution in [0.2, 0.25) is 0 Å². The van der Waals surface area contributed by atoms with Crippen LogP contribution in [0.15, 0.2) is 29.3 Å². The van der Waals surface area contributed by atoms with Crippen LogP contribution < -0.4 is 10.6 Å². The van der Waals surface area contributed by atoms with E-state index in [4.69, 9.17) is 9.73 Å². The SMILES string of the molecule is CCNC(=NCCc1cccc(C(=O)N(C)C)c1)NC1CCc2nc(COC)nn2C1. The van der Waals surface area contributed by atoms with Crippen molar-refractivity contribution in [2.45, 2.75) is 45.4 Å². The van der Waals surface area contributed by atoms with Crippen molar-refractivity contribution in [3.63, 3.8) is 0 Å². The Morgan fingerprint density at radius 3 is 2.97 bits per heavy atom. The number of aliphatic imine (C=N–C) groups is 1. The molecule has 2 heterocycles. The zero-order valence-corrected chi connectivity index (χ0v) is 18.9. The number of hydrogen-bond acceptors (Lipinski definition) is 5. The zero-order chi connectivity index (χ0) is 22.2. The van der Waals surface area contributed by atoms with Crippen molar-refractivity contribution in [2.75, 3.05) is 34.3 Å². The summed E-state index contributed by atoms with van der Waals surface area (Å²) in [5, 5.41) is 11.4. The second-order valence-electron chi connectivity index (χ2n) is 7.85. The van der Waals surface area contributed by atoms with E-state index < -0.39 is 0 Å². The number of rotatable bonds is 8. The van der Waals surface area contributed by atoms with Crippen molar-refractivity contribution in [1.82, 2.24) is 30.3 Å². The van der Waals surface area contributed by atoms with Crippen molar-refractivity contribution in [2.24, 2.45) is 4.99 Å². The lowest BCUT2D eigenvalue weighted by Crippen LogP contribution is -2.47. The molecule has 0 saturated heterocycles. The molecule has 0 bridgehead atoms. The van der Waals surface area contributed by atoms with Crippen molar-refractivity contribution >= 4 is 11.9 Å². The normalized spacial score (nSPS) is 16.0. The summed E-state index contributed by atoms with van der Waals surface area (Å²) in [6.45, 7) is 4.67. The molecule has 1 unspecified atom stereocenters. The van der Waals surface area contributed by atoms with Gasteiger partial charge in [-0.2, -0.15) is 5.10 Å². The van der Waals surface area contributed by atoms with Gasteiger partial charge in [0, 0.05) is 52.3 Å². The van der Waals surface area contributed by atoms with Crippen LogP contribution in [0.3, 0.4) is 0 Å². The first-order chi connectivity index (χ1) is 15.0. The van der Waals surface area contributed by atoms with E-state index in [1.807, 2.05) is 28.9 Å². The molecule has 0 aliphatic carbocycles. The van der Waals surface area contributed by atoms with E-state index in [0.29, 0.717) is 18.7 Å². The Hall–Kier alpha value is -2.94. The molecule has 1 aromatic carbocycles. The standard InChI is InChI=1S/C22H33N7O2/c1-5-23-22(24-12-11-16-7-6-8-17(13-16)21(30)28(2)3)25-18-9-10-20-26-19(15-31-4)27-29(20)14-18/h6-8,13,18H,5,9-12,14-15H2,1-4H3,(H2,23,24,25). The van der Waals surface area contributed by atoms with Gasteiger partial charge in [-0.15, -0.1) is 0 Å². The summed E-state index contributed by atoms with van der Waals surface area (Å²) >= 11 is 0. The van der Waals surface area contributed by atoms with Crippen LogP contribution in [-0.2, 0) is 30.7 Å². The first-order valence-electron chi connectivity index (χ1n) is 10.8. The van der Waals surface area contributed by atoms with E-state index >= 15 is 0 Å². The molecular formula is C22H33N7O2. The third-order valence-corrected chi connectivity index (χ3v) is 5.11. The molecule has 0 radical (unpaired) electrons. The quantitative estimate of drug-likeness (QED) is 0.486. The summed E-state index contributed by atoms with van der Waals surface area (Å²) < 4.78 is 7.10. The van der Waals surface area contributed by atoms with Crippen molar-refractivity contribution in [3.8, 4) is 0 Å². The molecule has 0 spiro atoms. The second-order valence-corrected chi connectivity index (χ2v) is 7.85. The smallest absolute Gasteiger partial charge is 0.253 e. The average molecular weight is 428 g/mol. The van der Waals surface area contributed by atoms with Gasteiger partial charge in [0.05, 0.1) is 6.54 Å². The molecule has 1 aliphatic rings. The molecule has 3 rings (SSSR count). The number of carbonyl (C=O) groups excluding carboxylic acids is 1. The topological polar surface area (TPSA) is 96.7 Å². The number of benzene rings is 1. The largest absolute Gasteiger partial charge is 0.377 e. The molecule has 1 aliphatic heterocycles. The molecule has 168 valence electrons. The summed E-state index contributed by atoms with van der Waals surface area (Å²) in [6.07, 6.45) is 2.62. The minimum atomic E-state index is 0.0128. The molecule has 1 atom stereocenters. The van der Waals surface area contributed by atoms with Crippen molar-refractivity contribution < 1.29 is 9.53 Å². The Bertz CT molecular complexity index is 907. The Labute approximate surface area is 183 Å². The highest BCUT2D eigenvalue weighted by Crippen LogP contribution is 2.13. The number of aromatic nitrogens is 3. The molecule has 9 nitrogen and oxygen atoms in total. The maximum Gasteiger partial charge on any atom is 0.253 e. The number of methoxy groups -OCH3 is 1. The lowest BCUT2D eigenvalue weighted by Gasteiger charge is -2.25. The highest BCUT2D eigenvalue weighted by Gasteiger charge is 2.22. The molecule has 2 N–H and O–H groups in total. The molecule has 0 fully saturated rings. The van der Waals surface area contributed by atoms with Crippen LogP contribution >= 0.6 is 0 Å². The van der Waals surface area contributed by atoms with Crippen LogP contribution in [0.25, 0.3) is 0 Å². The van der Waals surface area contributed by atoms with Crippen LogP contribution in [0.4, 0.5) is 0 Å². The molecule has 31 heavy (non-hydrogen) atoms. The van der Waals surface area contributed by atoms with Crippen molar-refractivity contribution in [3.05, 3.63) is 47.0 Å². The summed E-state index contributed by atoms with van der Waals surface area (Å²) in [7, 11) is 5.18. The number of nitrogens with zero attached hydrogens (tertiary/aromatic N) is 5. The van der Waals surface area contributed by atoms with Gasteiger partial charge in [0.25, 0.3) is 5.91 Å². The van der Waals surface area contributed by atoms with Gasteiger partial charge in [-0.3, -0.25) is 9.79 Å². The minimum Gasteiger partial charge on any atom is -0.377 e. The molecule has 9 heteroatoms. The van der Waals surface area contributed by atoms with Gasteiger partial charge in [-0.05, 0) is 37.5 Å². The fourth-order valence-electron chi connectivity index (χ4n) is 3.60. The number of aryl methyl sites for hydroxylation is 1. The first-order valence-corrected chi connectivity index (χ1v) is 10.8. The lowest BCUT2D eigenvalue weighted by atomic mass is 10.1.